The van der Waals surface area contributed by atoms with Gasteiger partial charge in [-0.15, -0.1) is 0 Å². The standard InChI is InChI=1S/C18H18N2O/c1-3-13-11-19-9-7-15(13)14(4-1)12-20-17-5-2-6-18-16(17)8-10-21-18/h1,3-4,7-11,17,20H,2,5-6,12H2. The van der Waals surface area contributed by atoms with Crippen LogP contribution >= 0.6 is 0 Å². The minimum atomic E-state index is 0.407. The molecule has 0 saturated heterocycles. The van der Waals surface area contributed by atoms with E-state index < -0.39 is 0 Å². The Kier molecular flexibility index (Phi) is 3.20. The number of furan rings is 1. The van der Waals surface area contributed by atoms with Gasteiger partial charge in [0.2, 0.25) is 0 Å². The zero-order chi connectivity index (χ0) is 14.1. The number of nitrogens with one attached hydrogen (secondary N) is 1. The van der Waals surface area contributed by atoms with E-state index in [4.69, 9.17) is 4.42 Å². The number of fused-ring (bicyclic) bond motifs is 2. The van der Waals surface area contributed by atoms with E-state index in [9.17, 15) is 0 Å². The molecule has 0 aliphatic heterocycles. The van der Waals surface area contributed by atoms with Crippen LogP contribution in [0, 0.1) is 0 Å². The summed E-state index contributed by atoms with van der Waals surface area (Å²) in [6, 6.07) is 11.0. The number of benzene rings is 1. The predicted octanol–water partition coefficient (Wildman–Crippen LogP) is 4.00. The number of hydrogen-bond donors (Lipinski definition) is 1. The van der Waals surface area contributed by atoms with Gasteiger partial charge in [-0.1, -0.05) is 18.2 Å². The van der Waals surface area contributed by atoms with Gasteiger partial charge in [0.05, 0.1) is 6.26 Å². The van der Waals surface area contributed by atoms with E-state index in [-0.39, 0.29) is 0 Å². The van der Waals surface area contributed by atoms with Crippen molar-refractivity contribution in [3.8, 4) is 0 Å². The number of pyridine rings is 1. The Morgan fingerprint density at radius 2 is 2.24 bits per heavy atom. The first-order chi connectivity index (χ1) is 10.4. The lowest BCUT2D eigenvalue weighted by molar-refractivity contribution is 0.411. The Hall–Kier alpha value is -2.13. The Balaban J connectivity index is 1.57. The minimum absolute atomic E-state index is 0.407. The van der Waals surface area contributed by atoms with Crippen LogP contribution in [0.25, 0.3) is 10.8 Å². The highest BCUT2D eigenvalue weighted by Gasteiger charge is 2.22. The Morgan fingerprint density at radius 1 is 1.24 bits per heavy atom. The number of nitrogens with zero attached hydrogens (tertiary/aromatic N) is 1. The summed E-state index contributed by atoms with van der Waals surface area (Å²) >= 11 is 0. The van der Waals surface area contributed by atoms with Crippen molar-refractivity contribution in [2.75, 3.05) is 0 Å². The SMILES string of the molecule is c1cc(CNC2CCCc3occc32)c2ccncc2c1. The molecule has 106 valence electrons. The molecule has 1 aliphatic rings. The second-order valence-electron chi connectivity index (χ2n) is 5.64. The molecular weight excluding hydrogens is 260 g/mol. The monoisotopic (exact) mass is 278 g/mol. The third kappa shape index (κ3) is 2.34. The van der Waals surface area contributed by atoms with Crippen LogP contribution in [0.4, 0.5) is 0 Å². The molecule has 1 unspecified atom stereocenters. The summed E-state index contributed by atoms with van der Waals surface area (Å²) < 4.78 is 5.56. The highest BCUT2D eigenvalue weighted by atomic mass is 16.3. The smallest absolute Gasteiger partial charge is 0.108 e. The van der Waals surface area contributed by atoms with Gasteiger partial charge in [-0.3, -0.25) is 4.98 Å². The van der Waals surface area contributed by atoms with Crippen LogP contribution in [-0.2, 0) is 13.0 Å². The Bertz CT molecular complexity index is 757. The van der Waals surface area contributed by atoms with Gasteiger partial charge in [-0.05, 0) is 35.9 Å². The van der Waals surface area contributed by atoms with Crippen molar-refractivity contribution >= 4 is 10.8 Å². The molecule has 21 heavy (non-hydrogen) atoms. The fraction of sp³-hybridized carbons (Fsp3) is 0.278. The van der Waals surface area contributed by atoms with Crippen LogP contribution in [0.15, 0.2) is 53.4 Å². The fourth-order valence-electron chi connectivity index (χ4n) is 3.28. The molecule has 3 nitrogen and oxygen atoms in total. The number of rotatable bonds is 3. The number of hydrogen-bond acceptors (Lipinski definition) is 3. The maximum absolute atomic E-state index is 5.56. The molecule has 3 heteroatoms. The van der Waals surface area contributed by atoms with E-state index >= 15 is 0 Å². The molecule has 1 N–H and O–H groups in total. The van der Waals surface area contributed by atoms with Gasteiger partial charge in [0.15, 0.2) is 0 Å². The summed E-state index contributed by atoms with van der Waals surface area (Å²) in [6.07, 6.45) is 9.04. The van der Waals surface area contributed by atoms with E-state index in [1.54, 1.807) is 0 Å². The van der Waals surface area contributed by atoms with Crippen LogP contribution < -0.4 is 5.32 Å². The molecule has 0 spiro atoms. The van der Waals surface area contributed by atoms with E-state index in [1.165, 1.54) is 34.7 Å². The van der Waals surface area contributed by atoms with Crippen molar-refractivity contribution in [2.24, 2.45) is 0 Å². The van der Waals surface area contributed by atoms with Gasteiger partial charge in [0.25, 0.3) is 0 Å². The lowest BCUT2D eigenvalue weighted by Crippen LogP contribution is -2.24. The van der Waals surface area contributed by atoms with E-state index in [0.717, 1.165) is 18.7 Å². The minimum Gasteiger partial charge on any atom is -0.469 e. The average molecular weight is 278 g/mol. The largest absolute Gasteiger partial charge is 0.469 e. The first-order valence-electron chi connectivity index (χ1n) is 7.53. The van der Waals surface area contributed by atoms with Crippen molar-refractivity contribution in [2.45, 2.75) is 31.8 Å². The van der Waals surface area contributed by atoms with Crippen molar-refractivity contribution in [3.05, 3.63) is 65.9 Å². The first kappa shape index (κ1) is 12.6. The molecule has 0 fully saturated rings. The van der Waals surface area contributed by atoms with Crippen molar-refractivity contribution in [3.63, 3.8) is 0 Å². The number of aryl methyl sites for hydroxylation is 1. The van der Waals surface area contributed by atoms with Crippen molar-refractivity contribution in [1.29, 1.82) is 0 Å². The second-order valence-corrected chi connectivity index (χ2v) is 5.64. The second kappa shape index (κ2) is 5.34. The zero-order valence-electron chi connectivity index (χ0n) is 11.9. The van der Waals surface area contributed by atoms with Gasteiger partial charge in [0, 0.05) is 42.4 Å². The molecule has 3 aromatic rings. The topological polar surface area (TPSA) is 38.1 Å². The van der Waals surface area contributed by atoms with E-state index in [0.29, 0.717) is 6.04 Å². The molecule has 1 aliphatic carbocycles. The molecule has 1 aromatic carbocycles. The molecular formula is C18H18N2O. The highest BCUT2D eigenvalue weighted by Crippen LogP contribution is 2.31. The van der Waals surface area contributed by atoms with Crippen molar-refractivity contribution in [1.82, 2.24) is 10.3 Å². The lowest BCUT2D eigenvalue weighted by atomic mass is 9.93. The van der Waals surface area contributed by atoms with Gasteiger partial charge < -0.3 is 9.73 Å². The predicted molar refractivity (Wildman–Crippen MR) is 83.0 cm³/mol. The fourth-order valence-corrected chi connectivity index (χ4v) is 3.28. The van der Waals surface area contributed by atoms with Gasteiger partial charge >= 0.3 is 0 Å². The molecule has 1 atom stereocenters. The summed E-state index contributed by atoms with van der Waals surface area (Å²) in [5, 5.41) is 6.17. The summed E-state index contributed by atoms with van der Waals surface area (Å²) in [6.45, 7) is 0.872. The van der Waals surface area contributed by atoms with Crippen LogP contribution in [0.5, 0.6) is 0 Å². The van der Waals surface area contributed by atoms with Crippen LogP contribution in [0.1, 0.15) is 35.8 Å². The van der Waals surface area contributed by atoms with Crippen molar-refractivity contribution < 1.29 is 4.42 Å². The average Bonchev–Trinajstić information content (AvgIpc) is 3.02. The maximum atomic E-state index is 5.56. The summed E-state index contributed by atoms with van der Waals surface area (Å²) in [7, 11) is 0. The highest BCUT2D eigenvalue weighted by molar-refractivity contribution is 5.84. The third-order valence-corrected chi connectivity index (χ3v) is 4.36. The van der Waals surface area contributed by atoms with Crippen LogP contribution in [0.3, 0.4) is 0 Å². The summed E-state index contributed by atoms with van der Waals surface area (Å²) in [5.74, 6) is 1.15. The molecule has 0 bridgehead atoms. The third-order valence-electron chi connectivity index (χ3n) is 4.36. The molecule has 4 rings (SSSR count). The Morgan fingerprint density at radius 3 is 3.24 bits per heavy atom. The van der Waals surface area contributed by atoms with E-state index in [1.807, 2.05) is 18.7 Å². The molecule has 0 amide bonds. The zero-order valence-corrected chi connectivity index (χ0v) is 11.9. The van der Waals surface area contributed by atoms with Crippen LogP contribution in [-0.4, -0.2) is 4.98 Å². The Labute approximate surface area is 124 Å². The molecule has 2 aromatic heterocycles. The molecule has 0 radical (unpaired) electrons. The normalized spacial score (nSPS) is 17.8. The van der Waals surface area contributed by atoms with E-state index in [2.05, 4.69) is 40.6 Å². The quantitative estimate of drug-likeness (QED) is 0.787. The first-order valence-corrected chi connectivity index (χ1v) is 7.53. The number of aromatic nitrogens is 1. The molecule has 0 saturated carbocycles. The lowest BCUT2D eigenvalue weighted by Gasteiger charge is -2.23. The maximum Gasteiger partial charge on any atom is 0.108 e. The molecule has 2 heterocycles. The summed E-state index contributed by atoms with van der Waals surface area (Å²) in [4.78, 5) is 4.19. The summed E-state index contributed by atoms with van der Waals surface area (Å²) in [5.41, 5.74) is 2.66. The van der Waals surface area contributed by atoms with Crippen LogP contribution in [0.2, 0.25) is 0 Å². The van der Waals surface area contributed by atoms with Gasteiger partial charge in [0.1, 0.15) is 5.76 Å². The van der Waals surface area contributed by atoms with Gasteiger partial charge in [-0.25, -0.2) is 0 Å². The van der Waals surface area contributed by atoms with Gasteiger partial charge in [-0.2, -0.15) is 0 Å².